The van der Waals surface area contributed by atoms with Gasteiger partial charge in [0, 0.05) is 39.9 Å². The lowest BCUT2D eigenvalue weighted by molar-refractivity contribution is -0.141. The molecule has 0 aliphatic heterocycles. The molecule has 0 bridgehead atoms. The third-order valence-electron chi connectivity index (χ3n) is 3.11. The second-order valence-electron chi connectivity index (χ2n) is 5.02. The van der Waals surface area contributed by atoms with Gasteiger partial charge in [0.1, 0.15) is 5.69 Å². The van der Waals surface area contributed by atoms with E-state index in [0.717, 1.165) is 31.6 Å². The Balaban J connectivity index is 0.00000576. The molecule has 1 aromatic rings. The Morgan fingerprint density at radius 1 is 1.40 bits per heavy atom. The summed E-state index contributed by atoms with van der Waals surface area (Å²) >= 11 is 0. The van der Waals surface area contributed by atoms with E-state index < -0.39 is 11.9 Å². The number of rotatable bonds is 8. The summed E-state index contributed by atoms with van der Waals surface area (Å²) in [4.78, 5) is 13.3. The van der Waals surface area contributed by atoms with Crippen LogP contribution in [0.25, 0.3) is 0 Å². The van der Waals surface area contributed by atoms with Crippen molar-refractivity contribution in [2.24, 2.45) is 4.99 Å². The van der Waals surface area contributed by atoms with Gasteiger partial charge in [-0.3, -0.25) is 4.99 Å². The third kappa shape index (κ3) is 8.89. The molecule has 1 aromatic heterocycles. The van der Waals surface area contributed by atoms with Gasteiger partial charge in [0.05, 0.1) is 0 Å². The van der Waals surface area contributed by atoms with Crippen molar-refractivity contribution in [2.45, 2.75) is 19.0 Å². The van der Waals surface area contributed by atoms with E-state index in [1.165, 1.54) is 0 Å². The van der Waals surface area contributed by atoms with Crippen LogP contribution in [0.4, 0.5) is 19.1 Å². The molecule has 25 heavy (non-hydrogen) atoms. The molecule has 0 saturated heterocycles. The van der Waals surface area contributed by atoms with Crippen LogP contribution in [0.3, 0.4) is 0 Å². The molecule has 1 rings (SSSR count). The number of hydrogen-bond acceptors (Lipinski definition) is 4. The van der Waals surface area contributed by atoms with Crippen molar-refractivity contribution in [3.8, 4) is 0 Å². The van der Waals surface area contributed by atoms with Gasteiger partial charge < -0.3 is 15.5 Å². The number of hydrogen-bond donors (Lipinski definition) is 2. The van der Waals surface area contributed by atoms with Gasteiger partial charge >= 0.3 is 6.18 Å². The minimum absolute atomic E-state index is 0. The molecule has 6 nitrogen and oxygen atoms in total. The second kappa shape index (κ2) is 11.9. The van der Waals surface area contributed by atoms with Crippen LogP contribution < -0.4 is 10.6 Å². The second-order valence-corrected chi connectivity index (χ2v) is 5.02. The SMILES string of the molecule is C=CCCCN(C)C(=NC)NCCNc1nccc(C(F)(F)F)n1.I. The maximum absolute atomic E-state index is 12.6. The van der Waals surface area contributed by atoms with Crippen molar-refractivity contribution in [3.05, 3.63) is 30.6 Å². The lowest BCUT2D eigenvalue weighted by atomic mass is 10.3. The molecule has 0 unspecified atom stereocenters. The van der Waals surface area contributed by atoms with Crippen molar-refractivity contribution < 1.29 is 13.2 Å². The first-order valence-electron chi connectivity index (χ1n) is 7.55. The first kappa shape index (κ1) is 23.4. The summed E-state index contributed by atoms with van der Waals surface area (Å²) in [5.74, 6) is 0.659. The molecule has 1 heterocycles. The molecule has 0 saturated carbocycles. The Labute approximate surface area is 163 Å². The average Bonchev–Trinajstić information content (AvgIpc) is 2.54. The Morgan fingerprint density at radius 2 is 2.12 bits per heavy atom. The van der Waals surface area contributed by atoms with Gasteiger partial charge in [-0.05, 0) is 18.9 Å². The van der Waals surface area contributed by atoms with Gasteiger partial charge in [0.15, 0.2) is 5.96 Å². The van der Waals surface area contributed by atoms with Gasteiger partial charge in [-0.15, -0.1) is 30.6 Å². The molecule has 142 valence electrons. The number of anilines is 1. The number of alkyl halides is 3. The van der Waals surface area contributed by atoms with E-state index in [4.69, 9.17) is 0 Å². The molecular weight excluding hydrogens is 448 g/mol. The molecule has 0 aromatic carbocycles. The minimum atomic E-state index is -4.48. The summed E-state index contributed by atoms with van der Waals surface area (Å²) in [5.41, 5.74) is -0.967. The molecule has 10 heteroatoms. The van der Waals surface area contributed by atoms with Crippen LogP contribution in [-0.2, 0) is 6.18 Å². The van der Waals surface area contributed by atoms with Gasteiger partial charge in [-0.1, -0.05) is 6.08 Å². The van der Waals surface area contributed by atoms with E-state index in [1.54, 1.807) is 7.05 Å². The van der Waals surface area contributed by atoms with Gasteiger partial charge in [-0.2, -0.15) is 13.2 Å². The van der Waals surface area contributed by atoms with E-state index >= 15 is 0 Å². The number of aliphatic imine (C=N–C) groups is 1. The lowest BCUT2D eigenvalue weighted by Gasteiger charge is -2.21. The average molecular weight is 472 g/mol. The van der Waals surface area contributed by atoms with Crippen LogP contribution in [0.5, 0.6) is 0 Å². The largest absolute Gasteiger partial charge is 0.433 e. The quantitative estimate of drug-likeness (QED) is 0.200. The molecule has 0 aliphatic rings. The van der Waals surface area contributed by atoms with Gasteiger partial charge in [0.2, 0.25) is 5.95 Å². The number of aromatic nitrogens is 2. The minimum Gasteiger partial charge on any atom is -0.354 e. The van der Waals surface area contributed by atoms with Crippen LogP contribution in [0.15, 0.2) is 29.9 Å². The van der Waals surface area contributed by atoms with E-state index in [0.29, 0.717) is 19.0 Å². The molecule has 2 N–H and O–H groups in total. The molecule has 0 spiro atoms. The van der Waals surface area contributed by atoms with Gasteiger partial charge in [-0.25, -0.2) is 9.97 Å². The smallest absolute Gasteiger partial charge is 0.354 e. The zero-order valence-electron chi connectivity index (χ0n) is 14.3. The topological polar surface area (TPSA) is 65.4 Å². The van der Waals surface area contributed by atoms with Crippen LogP contribution in [0.1, 0.15) is 18.5 Å². The molecule has 0 radical (unpaired) electrons. The summed E-state index contributed by atoms with van der Waals surface area (Å²) in [6.45, 7) is 5.34. The Bertz CT molecular complexity index is 550. The van der Waals surface area contributed by atoms with Crippen LogP contribution in [0, 0.1) is 0 Å². The summed E-state index contributed by atoms with van der Waals surface area (Å²) in [6, 6.07) is 0.837. The summed E-state index contributed by atoms with van der Waals surface area (Å²) in [6.07, 6.45) is 0.363. The number of nitrogens with one attached hydrogen (secondary N) is 2. The van der Waals surface area contributed by atoms with E-state index in [9.17, 15) is 13.2 Å². The van der Waals surface area contributed by atoms with E-state index in [1.807, 2.05) is 18.0 Å². The Morgan fingerprint density at radius 3 is 2.72 bits per heavy atom. The summed E-state index contributed by atoms with van der Waals surface area (Å²) < 4.78 is 37.7. The van der Waals surface area contributed by atoms with Crippen LogP contribution >= 0.6 is 24.0 Å². The fourth-order valence-electron chi connectivity index (χ4n) is 1.91. The number of allylic oxidation sites excluding steroid dienone is 1. The molecule has 0 aliphatic carbocycles. The predicted octanol–water partition coefficient (Wildman–Crippen LogP) is 3.00. The van der Waals surface area contributed by atoms with Gasteiger partial charge in [0.25, 0.3) is 0 Å². The highest BCUT2D eigenvalue weighted by molar-refractivity contribution is 14.0. The highest BCUT2D eigenvalue weighted by Crippen LogP contribution is 2.27. The highest BCUT2D eigenvalue weighted by atomic mass is 127. The summed E-state index contributed by atoms with van der Waals surface area (Å²) in [7, 11) is 3.59. The lowest BCUT2D eigenvalue weighted by Crippen LogP contribution is -2.41. The zero-order valence-corrected chi connectivity index (χ0v) is 16.6. The Kier molecular flexibility index (Phi) is 11.1. The molecule has 0 amide bonds. The van der Waals surface area contributed by atoms with Crippen molar-refractivity contribution in [1.82, 2.24) is 20.2 Å². The number of guanidine groups is 1. The standard InChI is InChI=1S/C15H23F3N6.HI/c1-4-5-6-11-24(3)14(19-2)22-10-9-21-13-20-8-7-12(23-13)15(16,17)18;/h4,7-8H,1,5-6,9-11H2,2-3H3,(H,19,22)(H,20,21,23);1H. The van der Waals surface area contributed by atoms with Crippen molar-refractivity contribution in [2.75, 3.05) is 39.0 Å². The van der Waals surface area contributed by atoms with E-state index in [2.05, 4.69) is 32.2 Å². The van der Waals surface area contributed by atoms with Crippen LogP contribution in [-0.4, -0.2) is 54.6 Å². The molecule has 0 atom stereocenters. The predicted molar refractivity (Wildman–Crippen MR) is 104 cm³/mol. The maximum Gasteiger partial charge on any atom is 0.433 e. The van der Waals surface area contributed by atoms with Crippen molar-refractivity contribution in [3.63, 3.8) is 0 Å². The third-order valence-corrected chi connectivity index (χ3v) is 3.11. The molecule has 0 fully saturated rings. The fraction of sp³-hybridized carbons (Fsp3) is 0.533. The monoisotopic (exact) mass is 472 g/mol. The Hall–Kier alpha value is -1.59. The molecular formula is C15H24F3IN6. The fourth-order valence-corrected chi connectivity index (χ4v) is 1.91. The number of nitrogens with zero attached hydrogens (tertiary/aromatic N) is 4. The van der Waals surface area contributed by atoms with Crippen molar-refractivity contribution in [1.29, 1.82) is 0 Å². The highest BCUT2D eigenvalue weighted by Gasteiger charge is 2.32. The first-order valence-corrected chi connectivity index (χ1v) is 7.55. The maximum atomic E-state index is 12.6. The van der Waals surface area contributed by atoms with E-state index in [-0.39, 0.29) is 29.9 Å². The van der Waals surface area contributed by atoms with Crippen LogP contribution in [0.2, 0.25) is 0 Å². The first-order chi connectivity index (χ1) is 11.4. The summed E-state index contributed by atoms with van der Waals surface area (Å²) in [5, 5.41) is 5.88. The van der Waals surface area contributed by atoms with Crippen molar-refractivity contribution >= 4 is 35.9 Å². The number of unbranched alkanes of at least 4 members (excludes halogenated alkanes) is 1. The zero-order chi connectivity index (χ0) is 18.0. The normalized spacial score (nSPS) is 11.5. The number of halogens is 4.